The molecule has 41 heavy (non-hydrogen) atoms. The monoisotopic (exact) mass is 597 g/mol. The highest BCUT2D eigenvalue weighted by Gasteiger charge is 2.31. The van der Waals surface area contributed by atoms with Crippen LogP contribution in [-0.2, 0) is 32.6 Å². The number of halogens is 1. The van der Waals surface area contributed by atoms with Crippen molar-refractivity contribution in [2.24, 2.45) is 0 Å². The van der Waals surface area contributed by atoms with Gasteiger partial charge >= 0.3 is 0 Å². The molecule has 0 saturated carbocycles. The van der Waals surface area contributed by atoms with Crippen LogP contribution in [0.1, 0.15) is 49.8 Å². The number of amides is 2. The Labute approximate surface area is 249 Å². The van der Waals surface area contributed by atoms with Crippen LogP contribution in [0, 0.1) is 6.92 Å². The summed E-state index contributed by atoms with van der Waals surface area (Å²) in [6.45, 7) is 6.30. The van der Waals surface area contributed by atoms with E-state index in [1.54, 1.807) is 29.2 Å². The van der Waals surface area contributed by atoms with Crippen molar-refractivity contribution >= 4 is 39.1 Å². The molecule has 2 amide bonds. The maximum atomic E-state index is 13.9. The molecule has 3 rings (SSSR count). The molecule has 0 fully saturated rings. The molecule has 0 heterocycles. The first-order valence-electron chi connectivity index (χ1n) is 13.9. The molecule has 1 N–H and O–H groups in total. The van der Waals surface area contributed by atoms with Crippen LogP contribution in [-0.4, -0.2) is 50.0 Å². The maximum absolute atomic E-state index is 13.9. The Bertz CT molecular complexity index is 1400. The lowest BCUT2D eigenvalue weighted by Gasteiger charge is -2.32. The molecule has 2 atom stereocenters. The second-order valence-corrected chi connectivity index (χ2v) is 12.8. The van der Waals surface area contributed by atoms with E-state index in [0.717, 1.165) is 29.4 Å². The van der Waals surface area contributed by atoms with E-state index in [0.29, 0.717) is 17.1 Å². The highest BCUT2D eigenvalue weighted by Crippen LogP contribution is 2.23. The van der Waals surface area contributed by atoms with Crippen LogP contribution in [0.15, 0.2) is 78.9 Å². The van der Waals surface area contributed by atoms with Gasteiger partial charge in [0.2, 0.25) is 21.8 Å². The van der Waals surface area contributed by atoms with Gasteiger partial charge < -0.3 is 10.2 Å². The van der Waals surface area contributed by atoms with Crippen molar-refractivity contribution in [3.05, 3.63) is 101 Å². The van der Waals surface area contributed by atoms with Crippen LogP contribution in [0.3, 0.4) is 0 Å². The van der Waals surface area contributed by atoms with E-state index >= 15 is 0 Å². The van der Waals surface area contributed by atoms with E-state index in [9.17, 15) is 18.0 Å². The standard InChI is InChI=1S/C32H40ClN3O4S/c1-5-25(3)34-32(38)30(21-26-11-7-6-8-12-26)35(23-27-18-16-24(2)17-19-27)31(37)15-10-20-36(41(4,39)40)29-14-9-13-28(33)22-29/h6-9,11-14,16-19,22,25,30H,5,10,15,20-21,23H2,1-4H3,(H,34,38). The van der Waals surface area contributed by atoms with Crippen LogP contribution in [0.5, 0.6) is 0 Å². The fraction of sp³-hybridized carbons (Fsp3) is 0.375. The minimum Gasteiger partial charge on any atom is -0.352 e. The topological polar surface area (TPSA) is 86.8 Å². The molecule has 0 radical (unpaired) electrons. The summed E-state index contributed by atoms with van der Waals surface area (Å²) in [5.74, 6) is -0.425. The smallest absolute Gasteiger partial charge is 0.243 e. The van der Waals surface area contributed by atoms with Gasteiger partial charge in [-0.05, 0) is 56.0 Å². The summed E-state index contributed by atoms with van der Waals surface area (Å²) in [5, 5.41) is 3.49. The Kier molecular flexibility index (Phi) is 11.8. The van der Waals surface area contributed by atoms with E-state index in [1.807, 2.05) is 75.4 Å². The molecule has 0 aromatic heterocycles. The average Bonchev–Trinajstić information content (AvgIpc) is 2.93. The first kappa shape index (κ1) is 32.2. The quantitative estimate of drug-likeness (QED) is 0.256. The summed E-state index contributed by atoms with van der Waals surface area (Å²) in [6.07, 6.45) is 2.60. The largest absolute Gasteiger partial charge is 0.352 e. The molecule has 3 aromatic carbocycles. The second kappa shape index (κ2) is 15.0. The lowest BCUT2D eigenvalue weighted by atomic mass is 10.0. The van der Waals surface area contributed by atoms with E-state index in [4.69, 9.17) is 11.6 Å². The van der Waals surface area contributed by atoms with Crippen molar-refractivity contribution in [2.75, 3.05) is 17.1 Å². The number of sulfonamides is 1. The summed E-state index contributed by atoms with van der Waals surface area (Å²) < 4.78 is 26.4. The average molecular weight is 598 g/mol. The van der Waals surface area contributed by atoms with Gasteiger partial charge in [-0.25, -0.2) is 8.42 Å². The zero-order valence-corrected chi connectivity index (χ0v) is 25.8. The van der Waals surface area contributed by atoms with Gasteiger partial charge in [0, 0.05) is 37.0 Å². The molecule has 0 saturated heterocycles. The van der Waals surface area contributed by atoms with Crippen molar-refractivity contribution in [1.29, 1.82) is 0 Å². The zero-order chi connectivity index (χ0) is 30.0. The predicted octanol–water partition coefficient (Wildman–Crippen LogP) is 5.75. The molecule has 9 heteroatoms. The van der Waals surface area contributed by atoms with Gasteiger partial charge in [0.25, 0.3) is 0 Å². The summed E-state index contributed by atoms with van der Waals surface area (Å²) in [4.78, 5) is 29.2. The van der Waals surface area contributed by atoms with Gasteiger partial charge in [0.1, 0.15) is 6.04 Å². The molecule has 0 spiro atoms. The zero-order valence-electron chi connectivity index (χ0n) is 24.2. The van der Waals surface area contributed by atoms with Gasteiger partial charge in [-0.3, -0.25) is 13.9 Å². The number of carbonyl (C=O) groups is 2. The van der Waals surface area contributed by atoms with E-state index in [2.05, 4.69) is 5.32 Å². The predicted molar refractivity (Wildman–Crippen MR) is 166 cm³/mol. The molecular weight excluding hydrogens is 558 g/mol. The Morgan fingerprint density at radius 1 is 0.951 bits per heavy atom. The van der Waals surface area contributed by atoms with Gasteiger partial charge in [-0.2, -0.15) is 0 Å². The lowest BCUT2D eigenvalue weighted by Crippen LogP contribution is -2.52. The lowest BCUT2D eigenvalue weighted by molar-refractivity contribution is -0.141. The number of carbonyl (C=O) groups excluding carboxylic acids is 2. The third kappa shape index (κ3) is 9.90. The van der Waals surface area contributed by atoms with Crippen molar-refractivity contribution < 1.29 is 18.0 Å². The Hall–Kier alpha value is -3.36. The van der Waals surface area contributed by atoms with E-state index in [-0.39, 0.29) is 43.8 Å². The van der Waals surface area contributed by atoms with Gasteiger partial charge in [0.15, 0.2) is 0 Å². The second-order valence-electron chi connectivity index (χ2n) is 10.4. The fourth-order valence-electron chi connectivity index (χ4n) is 4.52. The molecule has 7 nitrogen and oxygen atoms in total. The first-order valence-corrected chi connectivity index (χ1v) is 16.1. The van der Waals surface area contributed by atoms with Crippen molar-refractivity contribution in [3.8, 4) is 0 Å². The molecule has 3 aromatic rings. The molecule has 220 valence electrons. The number of anilines is 1. The van der Waals surface area contributed by atoms with Crippen LogP contribution in [0.25, 0.3) is 0 Å². The van der Waals surface area contributed by atoms with Crippen LogP contribution in [0.4, 0.5) is 5.69 Å². The molecule has 0 bridgehead atoms. The van der Waals surface area contributed by atoms with E-state index in [1.165, 1.54) is 4.31 Å². The number of benzene rings is 3. The fourth-order valence-corrected chi connectivity index (χ4v) is 5.66. The number of hydrogen-bond donors (Lipinski definition) is 1. The first-order chi connectivity index (χ1) is 19.5. The Morgan fingerprint density at radius 3 is 2.24 bits per heavy atom. The minimum atomic E-state index is -3.61. The highest BCUT2D eigenvalue weighted by atomic mass is 35.5. The molecule has 2 unspecified atom stereocenters. The summed E-state index contributed by atoms with van der Waals surface area (Å²) in [5.41, 5.74) is 3.40. The molecule has 0 aliphatic heterocycles. The van der Waals surface area contributed by atoms with Gasteiger partial charge in [-0.1, -0.05) is 84.8 Å². The Morgan fingerprint density at radius 2 is 1.63 bits per heavy atom. The third-order valence-corrected chi connectivity index (χ3v) is 8.42. The molecule has 0 aliphatic carbocycles. The van der Waals surface area contributed by atoms with Crippen molar-refractivity contribution in [3.63, 3.8) is 0 Å². The summed E-state index contributed by atoms with van der Waals surface area (Å²) in [7, 11) is -3.61. The van der Waals surface area contributed by atoms with Crippen molar-refractivity contribution in [2.45, 2.75) is 65.1 Å². The van der Waals surface area contributed by atoms with Gasteiger partial charge in [-0.15, -0.1) is 0 Å². The van der Waals surface area contributed by atoms with Gasteiger partial charge in [0.05, 0.1) is 11.9 Å². The minimum absolute atomic E-state index is 0.0434. The van der Waals surface area contributed by atoms with Crippen LogP contribution < -0.4 is 9.62 Å². The number of nitrogens with one attached hydrogen (secondary N) is 1. The summed E-state index contributed by atoms with van der Waals surface area (Å²) >= 11 is 6.11. The molecule has 0 aliphatic rings. The number of nitrogens with zero attached hydrogens (tertiary/aromatic N) is 2. The van der Waals surface area contributed by atoms with Crippen LogP contribution in [0.2, 0.25) is 5.02 Å². The van der Waals surface area contributed by atoms with Crippen molar-refractivity contribution in [1.82, 2.24) is 10.2 Å². The third-order valence-electron chi connectivity index (χ3n) is 6.99. The normalized spacial score (nSPS) is 12.8. The number of aryl methyl sites for hydroxylation is 1. The summed E-state index contributed by atoms with van der Waals surface area (Å²) in [6, 6.07) is 23.4. The van der Waals surface area contributed by atoms with E-state index < -0.39 is 16.1 Å². The molecular formula is C32H40ClN3O4S. The SMILES string of the molecule is CCC(C)NC(=O)C(Cc1ccccc1)N(Cc1ccc(C)cc1)C(=O)CCCN(c1cccc(Cl)c1)S(C)(=O)=O. The number of rotatable bonds is 14. The number of hydrogen-bond acceptors (Lipinski definition) is 4. The maximum Gasteiger partial charge on any atom is 0.243 e. The van der Waals surface area contributed by atoms with Crippen LogP contribution >= 0.6 is 11.6 Å². The Balaban J connectivity index is 1.89. The highest BCUT2D eigenvalue weighted by molar-refractivity contribution is 7.92.